The van der Waals surface area contributed by atoms with Crippen LogP contribution in [0.1, 0.15) is 144 Å². The zero-order chi connectivity index (χ0) is 84.1. The molecular weight excluding hydrogens is 1690 g/mol. The van der Waals surface area contributed by atoms with Crippen LogP contribution in [0.3, 0.4) is 0 Å². The number of aliphatic hydroxyl groups excluding tert-OH is 1. The molecule has 0 aliphatic carbocycles. The number of nitrogens with one attached hydrogen (secondary N) is 6. The van der Waals surface area contributed by atoms with Gasteiger partial charge in [0.25, 0.3) is 17.7 Å². The third-order valence-electron chi connectivity index (χ3n) is 21.4. The van der Waals surface area contributed by atoms with Crippen molar-refractivity contribution in [3.05, 3.63) is 182 Å². The number of rotatable bonds is 25. The number of halogens is 6. The number of aliphatic hydroxyl groups is 1. The molecule has 6 atom stereocenters. The first-order valence-corrected chi connectivity index (χ1v) is 43.5. The maximum absolute atomic E-state index is 14.0. The van der Waals surface area contributed by atoms with Crippen LogP contribution in [-0.2, 0) is 47.9 Å². The predicted octanol–water partition coefficient (Wildman–Crippen LogP) is 13.2. The van der Waals surface area contributed by atoms with Crippen LogP contribution >= 0.6 is 92.0 Å². The maximum atomic E-state index is 14.0. The Balaban J connectivity index is 0.000000190. The van der Waals surface area contributed by atoms with Crippen LogP contribution in [0.5, 0.6) is 5.75 Å². The number of carbonyl (C=O) groups excluding carboxylic acids is 6. The van der Waals surface area contributed by atoms with Crippen LogP contribution in [0.4, 0.5) is 22.2 Å². The van der Waals surface area contributed by atoms with Gasteiger partial charge in [-0.3, -0.25) is 28.8 Å². The molecule has 6 aliphatic rings. The average molecular weight is 1790 g/mol. The van der Waals surface area contributed by atoms with Crippen molar-refractivity contribution in [1.82, 2.24) is 60.6 Å². The number of nitrogens with zero attached hydrogens (tertiary/aromatic N) is 9. The maximum Gasteiger partial charge on any atom is 0.255 e. The van der Waals surface area contributed by atoms with Crippen molar-refractivity contribution in [3.8, 4) is 37.5 Å². The van der Waals surface area contributed by atoms with Gasteiger partial charge in [-0.15, -0.1) is 34.0 Å². The van der Waals surface area contributed by atoms with E-state index in [1.165, 1.54) is 58.2 Å². The van der Waals surface area contributed by atoms with E-state index >= 15 is 0 Å². The third-order valence-corrected chi connectivity index (χ3v) is 26.3. The molecule has 0 spiro atoms. The minimum absolute atomic E-state index is 0. The number of nitrogens with two attached hydrogens (primary N) is 2. The number of ether oxygens (including phenoxy) is 4. The molecule has 37 heteroatoms. The van der Waals surface area contributed by atoms with Crippen LogP contribution < -0.4 is 48.1 Å². The van der Waals surface area contributed by atoms with Gasteiger partial charge in [0.15, 0.2) is 0 Å². The normalized spacial score (nSPS) is 17.3. The number of hydrogen-bond acceptors (Lipinski definition) is 25. The standard InChI is InChI=1S/C28H31ClFN5O5S.2C27H30Cl2N6O3S.3H2/c1-15(26(37)33-22(14-36)16-9-17(30)11-19(10-16)39-2)35-6-3-23-20(27(35)38)12-24(41-23)25-21(29)13-31-28(34-25)32-18-4-7-40-8-5-18;2*1-15(25(36)33-21(13-30)16-3-2-4-17(28)11-16)35-8-5-22-19(26(35)37)12-23(39-22)24-20(29)14-31-27(34-24)32-18-6-9-38-10-7-18;;;/h9-13,15,18,22,36H,3-8,14H2,1-2H3,(H,33,37)(H,31,32,34);2*2-4,11-12,14-15,18,21H,5-10,13,30H2,1H3,(H,33,36)(H,31,32,34);3*1H/t15-,22+;15-,21+;15-,21-;;;/m001.../s1. The van der Waals surface area contributed by atoms with E-state index in [1.54, 1.807) is 85.6 Å². The van der Waals surface area contributed by atoms with Gasteiger partial charge < -0.3 is 82.1 Å². The summed E-state index contributed by atoms with van der Waals surface area (Å²) < 4.78 is 35.4. The molecule has 3 fully saturated rings. The fraction of sp³-hybridized carbons (Fsp3) is 0.415. The molecular formula is C82H97Cl5FN17O11S3. The van der Waals surface area contributed by atoms with Gasteiger partial charge in [0, 0.05) is 145 Å². The van der Waals surface area contributed by atoms with E-state index < -0.39 is 54.6 Å². The molecule has 0 radical (unpaired) electrons. The molecule has 3 saturated heterocycles. The van der Waals surface area contributed by atoms with E-state index in [9.17, 15) is 38.3 Å². The van der Waals surface area contributed by atoms with Crippen molar-refractivity contribution in [2.24, 2.45) is 11.5 Å². The second-order valence-corrected chi connectivity index (χ2v) is 34.8. The van der Waals surface area contributed by atoms with E-state index in [2.05, 4.69) is 61.8 Å². The number of fused-ring (bicyclic) bond motifs is 3. The summed E-state index contributed by atoms with van der Waals surface area (Å²) in [6, 6.07) is 20.6. The molecule has 3 aromatic carbocycles. The number of benzene rings is 3. The minimum Gasteiger partial charge on any atom is -0.497 e. The van der Waals surface area contributed by atoms with Crippen molar-refractivity contribution in [1.29, 1.82) is 0 Å². The Hall–Kier alpha value is -8.84. The predicted molar refractivity (Wildman–Crippen MR) is 466 cm³/mol. The SMILES string of the molecule is COc1cc(F)cc([C@@H](CO)NC(=O)[C@H](C)N2CCc3sc(-c4nc(NC5CCOCC5)ncc4Cl)cc3C2=O)c1.C[C@@H](C(=O)N[C@H](CN)c1cccc(Cl)c1)N1CCc2sc(-c3nc(NC4CCOCC4)ncc3Cl)cc2C1=O.C[C@H](C(=O)N[C@H](CN)c1cccc(Cl)c1)N1CCc2sc(-c3nc(NC4CCOCC4)ncc3Cl)cc2C1=O.[HH].[HH].[HH]. The Labute approximate surface area is 728 Å². The van der Waals surface area contributed by atoms with Crippen molar-refractivity contribution in [2.75, 3.05) is 102 Å². The number of thiophene rings is 3. The summed E-state index contributed by atoms with van der Waals surface area (Å²) in [7, 11) is 1.40. The van der Waals surface area contributed by atoms with Crippen LogP contribution in [0.25, 0.3) is 31.7 Å². The Morgan fingerprint density at radius 1 is 0.513 bits per heavy atom. The highest BCUT2D eigenvalue weighted by Crippen LogP contribution is 2.42. The lowest BCUT2D eigenvalue weighted by Gasteiger charge is -2.32. The molecule has 28 nitrogen and oxygen atoms in total. The number of carbonyl (C=O) groups is 6. The first-order chi connectivity index (χ1) is 57.4. The van der Waals surface area contributed by atoms with Crippen LogP contribution in [0.15, 0.2) is 104 Å². The topological polar surface area (TPSA) is 371 Å². The van der Waals surface area contributed by atoms with E-state index in [0.29, 0.717) is 161 Å². The van der Waals surface area contributed by atoms with Gasteiger partial charge in [-0.25, -0.2) is 34.3 Å². The summed E-state index contributed by atoms with van der Waals surface area (Å²) >= 11 is 36.1. The Morgan fingerprint density at radius 3 is 1.16 bits per heavy atom. The second kappa shape index (κ2) is 40.7. The Morgan fingerprint density at radius 2 is 0.849 bits per heavy atom. The fourth-order valence-electron chi connectivity index (χ4n) is 14.6. The lowest BCUT2D eigenvalue weighted by molar-refractivity contribution is -0.126. The third kappa shape index (κ3) is 21.6. The zero-order valence-electron chi connectivity index (χ0n) is 65.6. The molecule has 636 valence electrons. The summed E-state index contributed by atoms with van der Waals surface area (Å²) in [5.74, 6) is -0.516. The van der Waals surface area contributed by atoms with Crippen molar-refractivity contribution < 1.29 is 61.5 Å². The second-order valence-electron chi connectivity index (χ2n) is 29.3. The fourth-order valence-corrected chi connectivity index (χ4v) is 19.2. The molecule has 6 amide bonds. The first-order valence-electron chi connectivity index (χ1n) is 39.1. The van der Waals surface area contributed by atoms with Crippen molar-refractivity contribution in [3.63, 3.8) is 0 Å². The number of amides is 6. The average Bonchev–Trinajstić information content (AvgIpc) is 1.64. The molecule has 15 rings (SSSR count). The van der Waals surface area contributed by atoms with E-state index in [0.717, 1.165) is 78.9 Å². The van der Waals surface area contributed by atoms with Crippen molar-refractivity contribution >= 4 is 145 Å². The Bertz CT molecular complexity index is 4960. The van der Waals surface area contributed by atoms with Gasteiger partial charge in [0.1, 0.15) is 46.8 Å². The van der Waals surface area contributed by atoms with E-state index in [-0.39, 0.29) is 70.8 Å². The van der Waals surface area contributed by atoms with Crippen LogP contribution in [-0.4, -0.2) is 207 Å². The number of aromatic nitrogens is 6. The molecule has 0 saturated carbocycles. The summed E-state index contributed by atoms with van der Waals surface area (Å²) in [5.41, 5.74) is 17.2. The number of methoxy groups -OCH3 is 1. The lowest BCUT2D eigenvalue weighted by Crippen LogP contribution is -2.51. The molecule has 9 aromatic rings. The van der Waals surface area contributed by atoms with Crippen LogP contribution in [0.2, 0.25) is 25.1 Å². The molecule has 6 aliphatic heterocycles. The first kappa shape index (κ1) is 88.0. The number of hydrogen-bond donors (Lipinski definition) is 9. The molecule has 11 N–H and O–H groups in total. The summed E-state index contributed by atoms with van der Waals surface area (Å²) in [4.78, 5) is 117. The summed E-state index contributed by atoms with van der Waals surface area (Å²) in [5, 5.41) is 31.0. The van der Waals surface area contributed by atoms with Crippen molar-refractivity contribution in [2.45, 2.75) is 133 Å². The van der Waals surface area contributed by atoms with Gasteiger partial charge in [-0.1, -0.05) is 82.3 Å². The smallest absolute Gasteiger partial charge is 0.255 e. The lowest BCUT2D eigenvalue weighted by atomic mass is 10.0. The quantitative estimate of drug-likeness (QED) is 0.0257. The van der Waals surface area contributed by atoms with Gasteiger partial charge >= 0.3 is 0 Å². The summed E-state index contributed by atoms with van der Waals surface area (Å²) in [6.45, 7) is 10.4. The Kier molecular flexibility index (Phi) is 30.1. The molecule has 119 heavy (non-hydrogen) atoms. The number of anilines is 3. The minimum atomic E-state index is -0.874. The highest BCUT2D eigenvalue weighted by atomic mass is 35.5. The van der Waals surface area contributed by atoms with E-state index in [1.807, 2.05) is 36.4 Å². The highest BCUT2D eigenvalue weighted by molar-refractivity contribution is 7.16. The van der Waals surface area contributed by atoms with Crippen LogP contribution in [0, 0.1) is 5.82 Å². The largest absolute Gasteiger partial charge is 0.497 e. The van der Waals surface area contributed by atoms with E-state index in [4.69, 9.17) is 88.4 Å². The molecule has 12 heterocycles. The molecule has 0 unspecified atom stereocenters. The monoisotopic (exact) mass is 1790 g/mol. The molecule has 0 bridgehead atoms. The van der Waals surface area contributed by atoms with Gasteiger partial charge in [0.05, 0.1) is 96.8 Å². The van der Waals surface area contributed by atoms with Gasteiger partial charge in [0.2, 0.25) is 35.6 Å². The highest BCUT2D eigenvalue weighted by Gasteiger charge is 2.39. The zero-order valence-corrected chi connectivity index (χ0v) is 71.8. The molecule has 6 aromatic heterocycles. The summed E-state index contributed by atoms with van der Waals surface area (Å²) in [6.07, 6.45) is 11.8. The van der Waals surface area contributed by atoms with Gasteiger partial charge in [-0.2, -0.15) is 0 Å². The van der Waals surface area contributed by atoms with Gasteiger partial charge in [-0.05, 0) is 131 Å².